The molecule has 0 fully saturated rings. The van der Waals surface area contributed by atoms with Crippen LogP contribution in [0, 0.1) is 0 Å². The predicted octanol–water partition coefficient (Wildman–Crippen LogP) is 2.09. The highest BCUT2D eigenvalue weighted by atomic mass is 79.9. The van der Waals surface area contributed by atoms with Crippen molar-refractivity contribution in [3.8, 4) is 0 Å². The van der Waals surface area contributed by atoms with Gasteiger partial charge in [0.2, 0.25) is 5.78 Å². The first-order valence-electron chi connectivity index (χ1n) is 2.87. The zero-order chi connectivity index (χ0) is 8.91. The number of rotatable bonds is 4. The molecule has 0 amide bonds. The Morgan fingerprint density at radius 2 is 2.27 bits per heavy atom. The molecular weight excluding hydrogens is 222 g/mol. The molecule has 0 aromatic rings. The highest BCUT2D eigenvalue weighted by molar-refractivity contribution is 9.10. The molecule has 0 atom stereocenters. The third-order valence-electron chi connectivity index (χ3n) is 0.762. The normalized spacial score (nSPS) is 12.0. The fourth-order valence-electron chi connectivity index (χ4n) is 0.301. The summed E-state index contributed by atoms with van der Waals surface area (Å²) in [5.41, 5.74) is 0. The number of carbonyl (C=O) groups excluding carboxylic acids is 1. The molecule has 0 radical (unpaired) electrons. The van der Waals surface area contributed by atoms with Gasteiger partial charge in [0.05, 0.1) is 12.9 Å². The topological polar surface area (TPSA) is 26.3 Å². The van der Waals surface area contributed by atoms with Crippen molar-refractivity contribution in [3.05, 3.63) is 12.3 Å². The quantitative estimate of drug-likeness (QED) is 0.419. The summed E-state index contributed by atoms with van der Waals surface area (Å²) in [4.78, 5) is 6.89. The van der Waals surface area contributed by atoms with Crippen LogP contribution >= 0.6 is 15.9 Å². The van der Waals surface area contributed by atoms with E-state index >= 15 is 0 Å². The van der Waals surface area contributed by atoms with E-state index in [0.29, 0.717) is 12.7 Å². The third kappa shape index (κ3) is 4.89. The lowest BCUT2D eigenvalue weighted by Crippen LogP contribution is -2.17. The molecule has 5 heteroatoms. The van der Waals surface area contributed by atoms with Crippen LogP contribution in [0.3, 0.4) is 0 Å². The van der Waals surface area contributed by atoms with Crippen molar-refractivity contribution in [2.75, 3.05) is 6.61 Å². The molecule has 0 N–H and O–H groups in total. The second kappa shape index (κ2) is 4.43. The largest absolute Gasteiger partial charge is 0.501 e. The lowest BCUT2D eigenvalue weighted by Gasteiger charge is -2.01. The molecule has 0 bridgehead atoms. The van der Waals surface area contributed by atoms with Gasteiger partial charge in [-0.05, 0) is 22.9 Å². The third-order valence-corrected chi connectivity index (χ3v) is 1.15. The van der Waals surface area contributed by atoms with Crippen molar-refractivity contribution >= 4 is 21.7 Å². The Morgan fingerprint density at radius 3 is 2.64 bits per heavy atom. The first-order valence-corrected chi connectivity index (χ1v) is 3.67. The minimum Gasteiger partial charge on any atom is -0.501 e. The van der Waals surface area contributed by atoms with E-state index in [1.54, 1.807) is 6.92 Å². The Hall–Kier alpha value is -0.450. The lowest BCUT2D eigenvalue weighted by molar-refractivity contribution is -0.126. The lowest BCUT2D eigenvalue weighted by atomic mass is 10.4. The Kier molecular flexibility index (Phi) is 4.25. The van der Waals surface area contributed by atoms with Gasteiger partial charge in [-0.2, -0.15) is 8.78 Å². The first-order chi connectivity index (χ1) is 4.98. The summed E-state index contributed by atoms with van der Waals surface area (Å²) in [5.74, 6) is -1.33. The molecular formula is C6H7BrF2O2. The van der Waals surface area contributed by atoms with E-state index in [1.165, 1.54) is 0 Å². The summed E-state index contributed by atoms with van der Waals surface area (Å²) in [6.07, 6.45) is 1.62. The van der Waals surface area contributed by atoms with Gasteiger partial charge in [0, 0.05) is 6.08 Å². The number of ether oxygens (including phenoxy) is 1. The molecule has 11 heavy (non-hydrogen) atoms. The molecule has 0 aliphatic heterocycles. The average molecular weight is 229 g/mol. The Labute approximate surface area is 71.3 Å². The maximum Gasteiger partial charge on any atom is 0.362 e. The van der Waals surface area contributed by atoms with Gasteiger partial charge < -0.3 is 4.74 Å². The Morgan fingerprint density at radius 1 is 1.73 bits per heavy atom. The maximum atomic E-state index is 12.0. The second-order valence-electron chi connectivity index (χ2n) is 1.62. The number of hydrogen-bond donors (Lipinski definition) is 0. The van der Waals surface area contributed by atoms with Gasteiger partial charge in [-0.1, -0.05) is 0 Å². The second-order valence-corrected chi connectivity index (χ2v) is 2.62. The number of alkyl halides is 3. The summed E-state index contributed by atoms with van der Waals surface area (Å²) >= 11 is 1.91. The molecule has 0 rings (SSSR count). The highest BCUT2D eigenvalue weighted by Gasteiger charge is 2.32. The summed E-state index contributed by atoms with van der Waals surface area (Å²) in [6.45, 7) is 2.03. The number of carbonyl (C=O) groups is 1. The van der Waals surface area contributed by atoms with Crippen LogP contribution in [0.4, 0.5) is 8.78 Å². The summed E-state index contributed by atoms with van der Waals surface area (Å²) in [7, 11) is 0. The van der Waals surface area contributed by atoms with Crippen LogP contribution in [0.25, 0.3) is 0 Å². The maximum absolute atomic E-state index is 12.0. The average Bonchev–Trinajstić information content (AvgIpc) is 1.86. The fraction of sp³-hybridized carbons (Fsp3) is 0.500. The van der Waals surface area contributed by atoms with E-state index in [4.69, 9.17) is 0 Å². The molecule has 0 saturated heterocycles. The van der Waals surface area contributed by atoms with E-state index in [0.717, 1.165) is 6.26 Å². The summed E-state index contributed by atoms with van der Waals surface area (Å²) in [6, 6.07) is 0. The smallest absolute Gasteiger partial charge is 0.362 e. The monoisotopic (exact) mass is 228 g/mol. The number of halogens is 3. The van der Waals surface area contributed by atoms with Gasteiger partial charge >= 0.3 is 4.83 Å². The van der Waals surface area contributed by atoms with Gasteiger partial charge in [0.25, 0.3) is 0 Å². The summed E-state index contributed by atoms with van der Waals surface area (Å²) in [5, 5.41) is 0. The van der Waals surface area contributed by atoms with Crippen molar-refractivity contribution in [2.45, 2.75) is 11.8 Å². The van der Waals surface area contributed by atoms with Crippen LogP contribution < -0.4 is 0 Å². The van der Waals surface area contributed by atoms with Gasteiger partial charge in [-0.25, -0.2) is 0 Å². The van der Waals surface area contributed by atoms with Crippen LogP contribution in [0.15, 0.2) is 12.3 Å². The number of hydrogen-bond acceptors (Lipinski definition) is 2. The van der Waals surface area contributed by atoms with E-state index in [1.807, 2.05) is 15.9 Å². The van der Waals surface area contributed by atoms with Crippen molar-refractivity contribution in [1.82, 2.24) is 0 Å². The van der Waals surface area contributed by atoms with Crippen LogP contribution in [-0.2, 0) is 9.53 Å². The van der Waals surface area contributed by atoms with Crippen LogP contribution in [0.2, 0.25) is 0 Å². The van der Waals surface area contributed by atoms with E-state index in [-0.39, 0.29) is 0 Å². The Balaban J connectivity index is 3.88. The van der Waals surface area contributed by atoms with E-state index in [2.05, 4.69) is 4.74 Å². The van der Waals surface area contributed by atoms with E-state index in [9.17, 15) is 13.6 Å². The predicted molar refractivity (Wildman–Crippen MR) is 39.6 cm³/mol. The van der Waals surface area contributed by atoms with Gasteiger partial charge in [-0.15, -0.1) is 0 Å². The van der Waals surface area contributed by atoms with E-state index < -0.39 is 10.6 Å². The van der Waals surface area contributed by atoms with Crippen molar-refractivity contribution in [2.24, 2.45) is 0 Å². The molecule has 0 aliphatic carbocycles. The van der Waals surface area contributed by atoms with Crippen molar-refractivity contribution < 1.29 is 18.3 Å². The summed E-state index contributed by atoms with van der Waals surface area (Å²) < 4.78 is 28.6. The molecule has 0 aromatic heterocycles. The Bertz CT molecular complexity index is 162. The molecule has 0 spiro atoms. The molecule has 0 heterocycles. The fourth-order valence-corrected chi connectivity index (χ4v) is 0.433. The highest BCUT2D eigenvalue weighted by Crippen LogP contribution is 2.22. The first kappa shape index (κ1) is 10.6. The molecule has 0 aromatic carbocycles. The van der Waals surface area contributed by atoms with Crippen molar-refractivity contribution in [1.29, 1.82) is 0 Å². The minimum atomic E-state index is -3.49. The number of allylic oxidation sites excluding steroid dienone is 1. The molecule has 64 valence electrons. The number of ketones is 1. The van der Waals surface area contributed by atoms with Crippen LogP contribution in [-0.4, -0.2) is 17.2 Å². The molecule has 2 nitrogen and oxygen atoms in total. The zero-order valence-corrected chi connectivity index (χ0v) is 7.40. The van der Waals surface area contributed by atoms with Gasteiger partial charge in [0.15, 0.2) is 0 Å². The van der Waals surface area contributed by atoms with Crippen LogP contribution in [0.1, 0.15) is 6.92 Å². The molecule has 0 unspecified atom stereocenters. The van der Waals surface area contributed by atoms with Crippen LogP contribution in [0.5, 0.6) is 0 Å². The zero-order valence-electron chi connectivity index (χ0n) is 5.81. The standard InChI is InChI=1S/C6H7BrF2O2/c1-2-11-4-3-5(10)6(7,8)9/h3-4H,2H2,1H3/b4-3-. The van der Waals surface area contributed by atoms with Gasteiger partial charge in [0.1, 0.15) is 0 Å². The SMILES string of the molecule is CCO/C=C\C(=O)C(F)(F)Br. The van der Waals surface area contributed by atoms with Gasteiger partial charge in [-0.3, -0.25) is 4.79 Å². The van der Waals surface area contributed by atoms with Crippen molar-refractivity contribution in [3.63, 3.8) is 0 Å². The molecule has 0 aliphatic rings. The minimum absolute atomic E-state index is 0.345. The molecule has 0 saturated carbocycles.